The van der Waals surface area contributed by atoms with Crippen molar-refractivity contribution >= 4 is 106 Å². The van der Waals surface area contributed by atoms with Crippen molar-refractivity contribution in [3.63, 3.8) is 0 Å². The molecule has 0 unspecified atom stereocenters. The van der Waals surface area contributed by atoms with Gasteiger partial charge in [0.2, 0.25) is 0 Å². The van der Waals surface area contributed by atoms with Crippen molar-refractivity contribution in [2.45, 2.75) is 0 Å². The van der Waals surface area contributed by atoms with Gasteiger partial charge >= 0.3 is 0 Å². The molecule has 0 spiro atoms. The molecule has 0 saturated heterocycles. The highest BCUT2D eigenvalue weighted by atomic mass is 32.1. The Morgan fingerprint density at radius 3 is 1.52 bits per heavy atom. The van der Waals surface area contributed by atoms with Crippen molar-refractivity contribution in [3.8, 4) is 22.3 Å². The molecule has 9 aromatic carbocycles. The molecule has 2 aromatic heterocycles. The quantitative estimate of drug-likeness (QED) is 0.165. The number of rotatable bonds is 2. The van der Waals surface area contributed by atoms with Crippen molar-refractivity contribution in [3.05, 3.63) is 158 Å². The molecule has 48 heavy (non-hydrogen) atoms. The van der Waals surface area contributed by atoms with E-state index < -0.39 is 0 Å². The summed E-state index contributed by atoms with van der Waals surface area (Å²) in [6, 6.07) is 58.9. The molecule has 0 radical (unpaired) electrons. The summed E-state index contributed by atoms with van der Waals surface area (Å²) >= 11 is 3.83. The monoisotopic (exact) mass is 642 g/mol. The molecule has 0 amide bonds. The maximum absolute atomic E-state index is 2.46. The van der Waals surface area contributed by atoms with E-state index in [4.69, 9.17) is 0 Å². The summed E-state index contributed by atoms with van der Waals surface area (Å²) in [5, 5.41) is 15.8. The summed E-state index contributed by atoms with van der Waals surface area (Å²) in [4.78, 5) is 0. The second-order valence-electron chi connectivity index (χ2n) is 12.8. The first kappa shape index (κ1) is 26.5. The van der Waals surface area contributed by atoms with E-state index in [1.807, 2.05) is 22.7 Å². The molecule has 0 atom stereocenters. The van der Waals surface area contributed by atoms with E-state index in [9.17, 15) is 0 Å². The van der Waals surface area contributed by atoms with E-state index >= 15 is 0 Å². The molecule has 0 aliphatic carbocycles. The number of hydrogen-bond donors (Lipinski definition) is 0. The predicted molar refractivity (Wildman–Crippen MR) is 213 cm³/mol. The second kappa shape index (κ2) is 9.98. The Hall–Kier alpha value is -5.54. The van der Waals surface area contributed by atoms with Crippen LogP contribution in [0.5, 0.6) is 0 Å². The Morgan fingerprint density at radius 2 is 0.792 bits per heavy atom. The zero-order chi connectivity index (χ0) is 31.3. The van der Waals surface area contributed by atoms with Crippen LogP contribution in [0.2, 0.25) is 0 Å². The second-order valence-corrected chi connectivity index (χ2v) is 15.0. The van der Waals surface area contributed by atoms with Crippen LogP contribution in [0, 0.1) is 0 Å². The lowest BCUT2D eigenvalue weighted by atomic mass is 9.85. The van der Waals surface area contributed by atoms with Gasteiger partial charge in [-0.2, -0.15) is 0 Å². The van der Waals surface area contributed by atoms with Gasteiger partial charge in [0.15, 0.2) is 0 Å². The minimum Gasteiger partial charge on any atom is -0.135 e. The van der Waals surface area contributed by atoms with Gasteiger partial charge in [-0.3, -0.25) is 0 Å². The molecular weight excluding hydrogens is 617 g/mol. The minimum absolute atomic E-state index is 1.26. The molecule has 0 aliphatic heterocycles. The van der Waals surface area contributed by atoms with Crippen molar-refractivity contribution in [2.24, 2.45) is 0 Å². The van der Waals surface area contributed by atoms with Gasteiger partial charge in [-0.25, -0.2) is 0 Å². The summed E-state index contributed by atoms with van der Waals surface area (Å²) in [5.74, 6) is 0. The molecule has 0 fully saturated rings. The first-order chi connectivity index (χ1) is 23.8. The highest BCUT2D eigenvalue weighted by Crippen LogP contribution is 2.47. The Balaban J connectivity index is 1.16. The maximum Gasteiger partial charge on any atom is 0.0370 e. The number of thiophene rings is 2. The normalized spacial score (nSPS) is 12.2. The third kappa shape index (κ3) is 3.76. The third-order valence-electron chi connectivity index (χ3n) is 10.2. The fourth-order valence-electron chi connectivity index (χ4n) is 8.07. The SMILES string of the molecule is c1ccc2cc(-c3c4ccccc4c(-c4ccc5c(c4)sc4cc6sc7ccc8ccccc8c7c6cc45)c4ccccc34)ccc2c1. The van der Waals surface area contributed by atoms with Crippen LogP contribution >= 0.6 is 22.7 Å². The molecule has 0 nitrogen and oxygen atoms in total. The van der Waals surface area contributed by atoms with Gasteiger partial charge in [0.1, 0.15) is 0 Å². The van der Waals surface area contributed by atoms with Crippen LogP contribution in [0.3, 0.4) is 0 Å². The van der Waals surface area contributed by atoms with Gasteiger partial charge in [-0.15, -0.1) is 22.7 Å². The minimum atomic E-state index is 1.26. The smallest absolute Gasteiger partial charge is 0.0370 e. The van der Waals surface area contributed by atoms with Gasteiger partial charge in [-0.1, -0.05) is 127 Å². The molecule has 0 N–H and O–H groups in total. The van der Waals surface area contributed by atoms with Crippen molar-refractivity contribution < 1.29 is 0 Å². The van der Waals surface area contributed by atoms with Crippen LogP contribution in [0.25, 0.3) is 106 Å². The number of benzene rings is 9. The Bertz CT molecular complexity index is 3060. The highest BCUT2D eigenvalue weighted by Gasteiger charge is 2.18. The van der Waals surface area contributed by atoms with E-state index in [1.54, 1.807) is 0 Å². The van der Waals surface area contributed by atoms with Gasteiger partial charge in [0.05, 0.1) is 0 Å². The topological polar surface area (TPSA) is 0 Å². The molecule has 0 bridgehead atoms. The molecular formula is C46H26S2. The maximum atomic E-state index is 2.46. The zero-order valence-electron chi connectivity index (χ0n) is 25.8. The standard InChI is InChI=1S/C46H26S2/c1-2-11-29-23-30(18-17-27(29)9-1)44-34-13-5-7-15-36(34)45(37-16-8-6-14-35(37)44)31-19-21-33-38-25-39-43(26-42(38)48-41(33)24-31)47-40-22-20-28-10-3-4-12-32(28)46(39)40/h1-26H. The van der Waals surface area contributed by atoms with E-state index in [0.29, 0.717) is 0 Å². The molecule has 11 rings (SSSR count). The lowest BCUT2D eigenvalue weighted by Gasteiger charge is -2.18. The van der Waals surface area contributed by atoms with Crippen LogP contribution < -0.4 is 0 Å². The van der Waals surface area contributed by atoms with Gasteiger partial charge in [-0.05, 0) is 95.7 Å². The number of hydrogen-bond acceptors (Lipinski definition) is 2. The van der Waals surface area contributed by atoms with E-state index in [1.165, 1.54) is 106 Å². The summed E-state index contributed by atoms with van der Waals surface area (Å²) in [7, 11) is 0. The summed E-state index contributed by atoms with van der Waals surface area (Å²) < 4.78 is 5.41. The van der Waals surface area contributed by atoms with Crippen molar-refractivity contribution in [1.29, 1.82) is 0 Å². The largest absolute Gasteiger partial charge is 0.135 e. The zero-order valence-corrected chi connectivity index (χ0v) is 27.5. The first-order valence-electron chi connectivity index (χ1n) is 16.4. The van der Waals surface area contributed by atoms with Crippen molar-refractivity contribution in [1.82, 2.24) is 0 Å². The third-order valence-corrected chi connectivity index (χ3v) is 12.4. The summed E-state index contributed by atoms with van der Waals surface area (Å²) in [5.41, 5.74) is 5.14. The van der Waals surface area contributed by atoms with E-state index in [2.05, 4.69) is 158 Å². The Kier molecular flexibility index (Phi) is 5.51. The fraction of sp³-hybridized carbons (Fsp3) is 0. The molecule has 11 aromatic rings. The Labute approximate surface area is 284 Å². The van der Waals surface area contributed by atoms with Crippen LogP contribution in [0.4, 0.5) is 0 Å². The molecule has 0 saturated carbocycles. The van der Waals surface area contributed by atoms with E-state index in [0.717, 1.165) is 0 Å². The van der Waals surface area contributed by atoms with Crippen LogP contribution in [-0.4, -0.2) is 0 Å². The van der Waals surface area contributed by atoms with Crippen LogP contribution in [-0.2, 0) is 0 Å². The molecule has 0 aliphatic rings. The van der Waals surface area contributed by atoms with Crippen LogP contribution in [0.1, 0.15) is 0 Å². The lowest BCUT2D eigenvalue weighted by Crippen LogP contribution is -1.90. The van der Waals surface area contributed by atoms with E-state index in [-0.39, 0.29) is 0 Å². The summed E-state index contributed by atoms with van der Waals surface area (Å²) in [6.07, 6.45) is 0. The van der Waals surface area contributed by atoms with Crippen LogP contribution in [0.15, 0.2) is 158 Å². The average molecular weight is 643 g/mol. The first-order valence-corrected chi connectivity index (χ1v) is 18.1. The van der Waals surface area contributed by atoms with Crippen molar-refractivity contribution in [2.75, 3.05) is 0 Å². The molecule has 2 heteroatoms. The van der Waals surface area contributed by atoms with Gasteiger partial charge in [0.25, 0.3) is 0 Å². The average Bonchev–Trinajstić information content (AvgIpc) is 3.69. The highest BCUT2D eigenvalue weighted by molar-refractivity contribution is 7.28. The molecule has 2 heterocycles. The van der Waals surface area contributed by atoms with Gasteiger partial charge in [0, 0.05) is 40.3 Å². The fourth-order valence-corrected chi connectivity index (χ4v) is 10.5. The summed E-state index contributed by atoms with van der Waals surface area (Å²) in [6.45, 7) is 0. The van der Waals surface area contributed by atoms with Gasteiger partial charge < -0.3 is 0 Å². The lowest BCUT2D eigenvalue weighted by molar-refractivity contribution is 1.69. The molecule has 222 valence electrons. The Morgan fingerprint density at radius 1 is 0.271 bits per heavy atom. The predicted octanol–water partition coefficient (Wildman–Crippen LogP) is 14.4. The number of fused-ring (bicyclic) bond motifs is 11.